The summed E-state index contributed by atoms with van der Waals surface area (Å²) in [5.41, 5.74) is 1.76. The Morgan fingerprint density at radius 3 is 2.65 bits per heavy atom. The number of oxazole rings is 1. The van der Waals surface area contributed by atoms with Crippen LogP contribution in [0.25, 0.3) is 11.5 Å². The standard InChI is InChI=1S/C24H31N5O2/c1-2-25-24(26-16-20-18-31-23(28-20)19-10-5-3-6-11-19)27-17-21(22-12-9-15-30-22)29-13-7-4-8-14-29/h3,5-6,9-12,15,18,21H,2,4,7-8,13-14,16-17H2,1H3,(H2,25,26,27). The molecule has 1 aromatic carbocycles. The van der Waals surface area contributed by atoms with Gasteiger partial charge >= 0.3 is 0 Å². The first-order valence-electron chi connectivity index (χ1n) is 11.1. The molecule has 0 radical (unpaired) electrons. The van der Waals surface area contributed by atoms with Crippen LogP contribution >= 0.6 is 0 Å². The third-order valence-electron chi connectivity index (χ3n) is 5.48. The Kier molecular flexibility index (Phi) is 7.39. The van der Waals surface area contributed by atoms with E-state index in [4.69, 9.17) is 13.8 Å². The van der Waals surface area contributed by atoms with Crippen molar-refractivity contribution in [1.82, 2.24) is 20.5 Å². The smallest absolute Gasteiger partial charge is 0.226 e. The summed E-state index contributed by atoms with van der Waals surface area (Å²) >= 11 is 0. The molecule has 2 N–H and O–H groups in total. The van der Waals surface area contributed by atoms with Crippen LogP contribution in [0.15, 0.2) is 68.8 Å². The largest absolute Gasteiger partial charge is 0.468 e. The molecule has 7 nitrogen and oxygen atoms in total. The lowest BCUT2D eigenvalue weighted by atomic mass is 10.1. The Morgan fingerprint density at radius 1 is 1.06 bits per heavy atom. The number of likely N-dealkylation sites (tertiary alicyclic amines) is 1. The van der Waals surface area contributed by atoms with Crippen molar-refractivity contribution in [3.63, 3.8) is 0 Å². The van der Waals surface area contributed by atoms with Gasteiger partial charge in [0.2, 0.25) is 5.89 Å². The van der Waals surface area contributed by atoms with Crippen LogP contribution in [0, 0.1) is 0 Å². The minimum absolute atomic E-state index is 0.191. The number of nitrogens with one attached hydrogen (secondary N) is 2. The normalized spacial score (nSPS) is 16.2. The summed E-state index contributed by atoms with van der Waals surface area (Å²) in [6, 6.07) is 14.1. The zero-order valence-corrected chi connectivity index (χ0v) is 18.1. The van der Waals surface area contributed by atoms with Gasteiger partial charge in [0.25, 0.3) is 0 Å². The number of aromatic nitrogens is 1. The molecule has 3 aromatic rings. The second-order valence-corrected chi connectivity index (χ2v) is 7.71. The van der Waals surface area contributed by atoms with E-state index in [0.717, 1.165) is 49.2 Å². The number of guanidine groups is 1. The number of hydrogen-bond donors (Lipinski definition) is 2. The van der Waals surface area contributed by atoms with E-state index in [-0.39, 0.29) is 6.04 Å². The number of benzene rings is 1. The Hall–Kier alpha value is -3.06. The van der Waals surface area contributed by atoms with E-state index < -0.39 is 0 Å². The lowest BCUT2D eigenvalue weighted by Crippen LogP contribution is -2.44. The lowest BCUT2D eigenvalue weighted by Gasteiger charge is -2.33. The van der Waals surface area contributed by atoms with E-state index in [1.807, 2.05) is 36.4 Å². The summed E-state index contributed by atoms with van der Waals surface area (Å²) in [5.74, 6) is 2.38. The van der Waals surface area contributed by atoms with Gasteiger partial charge in [-0.15, -0.1) is 0 Å². The zero-order chi connectivity index (χ0) is 21.3. The molecule has 0 saturated carbocycles. The predicted octanol–water partition coefficient (Wildman–Crippen LogP) is 4.22. The summed E-state index contributed by atoms with van der Waals surface area (Å²) in [6.45, 7) is 6.22. The molecule has 1 aliphatic rings. The van der Waals surface area contributed by atoms with E-state index in [1.165, 1.54) is 19.3 Å². The first-order valence-corrected chi connectivity index (χ1v) is 11.1. The number of hydrogen-bond acceptors (Lipinski definition) is 5. The van der Waals surface area contributed by atoms with E-state index in [2.05, 4.69) is 33.5 Å². The van der Waals surface area contributed by atoms with Crippen LogP contribution in [0.3, 0.4) is 0 Å². The first-order chi connectivity index (χ1) is 15.3. The molecule has 3 heterocycles. The van der Waals surface area contributed by atoms with Crippen LogP contribution in [0.1, 0.15) is 43.7 Å². The molecule has 31 heavy (non-hydrogen) atoms. The van der Waals surface area contributed by atoms with Crippen molar-refractivity contribution in [2.45, 2.75) is 38.8 Å². The molecule has 4 rings (SSSR count). The van der Waals surface area contributed by atoms with Crippen molar-refractivity contribution in [3.8, 4) is 11.5 Å². The molecule has 1 fully saturated rings. The summed E-state index contributed by atoms with van der Waals surface area (Å²) in [7, 11) is 0. The Bertz CT molecular complexity index is 930. The maximum atomic E-state index is 5.75. The fourth-order valence-corrected chi connectivity index (χ4v) is 3.91. The number of aliphatic imine (C=N–C) groups is 1. The Labute approximate surface area is 183 Å². The highest BCUT2D eigenvalue weighted by atomic mass is 16.3. The van der Waals surface area contributed by atoms with Gasteiger partial charge in [-0.05, 0) is 57.1 Å². The Balaban J connectivity index is 1.40. The molecule has 0 bridgehead atoms. The fourth-order valence-electron chi connectivity index (χ4n) is 3.91. The van der Waals surface area contributed by atoms with Crippen LogP contribution in [-0.4, -0.2) is 42.0 Å². The highest BCUT2D eigenvalue weighted by Crippen LogP contribution is 2.24. The van der Waals surface area contributed by atoms with Gasteiger partial charge in [-0.1, -0.05) is 24.6 Å². The number of nitrogens with zero attached hydrogens (tertiary/aromatic N) is 3. The van der Waals surface area contributed by atoms with Crippen LogP contribution in [0.5, 0.6) is 0 Å². The van der Waals surface area contributed by atoms with Crippen molar-refractivity contribution >= 4 is 5.96 Å². The molecule has 1 unspecified atom stereocenters. The van der Waals surface area contributed by atoms with Crippen molar-refractivity contribution < 1.29 is 8.83 Å². The fraction of sp³-hybridized carbons (Fsp3) is 0.417. The second-order valence-electron chi connectivity index (χ2n) is 7.71. The lowest BCUT2D eigenvalue weighted by molar-refractivity contribution is 0.146. The van der Waals surface area contributed by atoms with Crippen molar-refractivity contribution in [2.24, 2.45) is 4.99 Å². The van der Waals surface area contributed by atoms with Gasteiger partial charge in [0, 0.05) is 18.7 Å². The molecular weight excluding hydrogens is 390 g/mol. The molecule has 7 heteroatoms. The summed E-state index contributed by atoms with van der Waals surface area (Å²) in [5, 5.41) is 6.82. The highest BCUT2D eigenvalue weighted by Gasteiger charge is 2.24. The average Bonchev–Trinajstić information content (AvgIpc) is 3.52. The second kappa shape index (κ2) is 10.8. The molecule has 0 amide bonds. The van der Waals surface area contributed by atoms with E-state index in [0.29, 0.717) is 12.4 Å². The van der Waals surface area contributed by atoms with Gasteiger partial charge in [0.15, 0.2) is 5.96 Å². The maximum Gasteiger partial charge on any atom is 0.226 e. The first kappa shape index (κ1) is 21.2. The van der Waals surface area contributed by atoms with Crippen molar-refractivity contribution in [1.29, 1.82) is 0 Å². The number of piperidine rings is 1. The molecular formula is C24H31N5O2. The van der Waals surface area contributed by atoms with Crippen LogP contribution in [0.4, 0.5) is 0 Å². The van der Waals surface area contributed by atoms with Crippen molar-refractivity contribution in [3.05, 3.63) is 66.4 Å². The number of furan rings is 1. The van der Waals surface area contributed by atoms with E-state index in [1.54, 1.807) is 12.5 Å². The van der Waals surface area contributed by atoms with Gasteiger partial charge < -0.3 is 19.5 Å². The maximum absolute atomic E-state index is 5.75. The zero-order valence-electron chi connectivity index (χ0n) is 18.1. The predicted molar refractivity (Wildman–Crippen MR) is 122 cm³/mol. The van der Waals surface area contributed by atoms with Gasteiger partial charge in [0.05, 0.1) is 18.8 Å². The molecule has 164 valence electrons. The average molecular weight is 422 g/mol. The summed E-state index contributed by atoms with van der Waals surface area (Å²) < 4.78 is 11.4. The third-order valence-corrected chi connectivity index (χ3v) is 5.48. The van der Waals surface area contributed by atoms with Gasteiger partial charge in [0.1, 0.15) is 17.7 Å². The third kappa shape index (κ3) is 5.76. The molecule has 1 atom stereocenters. The minimum atomic E-state index is 0.191. The highest BCUT2D eigenvalue weighted by molar-refractivity contribution is 5.79. The van der Waals surface area contributed by atoms with Gasteiger partial charge in [-0.3, -0.25) is 4.90 Å². The van der Waals surface area contributed by atoms with Crippen molar-refractivity contribution in [2.75, 3.05) is 26.2 Å². The van der Waals surface area contributed by atoms with Crippen LogP contribution < -0.4 is 10.6 Å². The topological polar surface area (TPSA) is 78.8 Å². The molecule has 1 aliphatic heterocycles. The summed E-state index contributed by atoms with van der Waals surface area (Å²) in [6.07, 6.45) is 7.21. The monoisotopic (exact) mass is 421 g/mol. The molecule has 2 aromatic heterocycles. The Morgan fingerprint density at radius 2 is 1.90 bits per heavy atom. The molecule has 1 saturated heterocycles. The quantitative estimate of drug-likeness (QED) is 0.419. The van der Waals surface area contributed by atoms with E-state index in [9.17, 15) is 0 Å². The van der Waals surface area contributed by atoms with Gasteiger partial charge in [-0.2, -0.15) is 0 Å². The van der Waals surface area contributed by atoms with Crippen LogP contribution in [0.2, 0.25) is 0 Å². The minimum Gasteiger partial charge on any atom is -0.468 e. The molecule has 0 aliphatic carbocycles. The van der Waals surface area contributed by atoms with Crippen LogP contribution in [-0.2, 0) is 6.54 Å². The summed E-state index contributed by atoms with van der Waals surface area (Å²) in [4.78, 5) is 11.8. The SMILES string of the molecule is CCNC(=NCc1coc(-c2ccccc2)n1)NCC(c1ccco1)N1CCCCC1. The van der Waals surface area contributed by atoms with Gasteiger partial charge in [-0.25, -0.2) is 9.98 Å². The number of rotatable bonds is 8. The molecule has 0 spiro atoms. The van der Waals surface area contributed by atoms with E-state index >= 15 is 0 Å².